The number of para-hydroxylation sites is 2. The standard InChI is InChI=1S/C15H14FN3OS/c1-2-20-13-8-14(10(17)7-9(13)16)21-15-18-11-5-3-4-6-12(11)19-15/h3-8H,2,17H2,1H3,(H,18,19). The van der Waals surface area contributed by atoms with Gasteiger partial charge in [0.15, 0.2) is 16.7 Å². The van der Waals surface area contributed by atoms with Crippen molar-refractivity contribution in [1.82, 2.24) is 9.97 Å². The molecule has 0 bridgehead atoms. The fourth-order valence-corrected chi connectivity index (χ4v) is 2.84. The Hall–Kier alpha value is -2.21. The highest BCUT2D eigenvalue weighted by Gasteiger charge is 2.12. The van der Waals surface area contributed by atoms with E-state index < -0.39 is 5.82 Å². The van der Waals surface area contributed by atoms with Gasteiger partial charge in [-0.2, -0.15) is 0 Å². The number of hydrogen-bond donors (Lipinski definition) is 2. The molecule has 4 nitrogen and oxygen atoms in total. The molecule has 1 heterocycles. The van der Waals surface area contributed by atoms with Crippen molar-refractivity contribution >= 4 is 28.5 Å². The van der Waals surface area contributed by atoms with Gasteiger partial charge in [-0.15, -0.1) is 0 Å². The van der Waals surface area contributed by atoms with Crippen LogP contribution in [0.15, 0.2) is 46.5 Å². The third kappa shape index (κ3) is 2.80. The molecule has 0 saturated carbocycles. The molecule has 0 atom stereocenters. The van der Waals surface area contributed by atoms with Gasteiger partial charge in [0.2, 0.25) is 0 Å². The molecule has 3 N–H and O–H groups in total. The summed E-state index contributed by atoms with van der Waals surface area (Å²) in [6, 6.07) is 10.6. The molecule has 0 saturated heterocycles. The van der Waals surface area contributed by atoms with Gasteiger partial charge in [-0.25, -0.2) is 9.37 Å². The zero-order chi connectivity index (χ0) is 14.8. The van der Waals surface area contributed by atoms with E-state index >= 15 is 0 Å². The van der Waals surface area contributed by atoms with Crippen LogP contribution in [0.4, 0.5) is 10.1 Å². The molecule has 1 aromatic heterocycles. The van der Waals surface area contributed by atoms with Gasteiger partial charge in [0.1, 0.15) is 0 Å². The van der Waals surface area contributed by atoms with Crippen LogP contribution in [0.25, 0.3) is 11.0 Å². The third-order valence-electron chi connectivity index (χ3n) is 2.94. The molecule has 6 heteroatoms. The fraction of sp³-hybridized carbons (Fsp3) is 0.133. The average Bonchev–Trinajstić information content (AvgIpc) is 2.86. The van der Waals surface area contributed by atoms with Crippen LogP contribution in [0, 0.1) is 5.82 Å². The van der Waals surface area contributed by atoms with Gasteiger partial charge in [0.25, 0.3) is 0 Å². The first kappa shape index (κ1) is 13.8. The summed E-state index contributed by atoms with van der Waals surface area (Å²) in [4.78, 5) is 8.37. The molecule has 3 aromatic rings. The molecule has 0 fully saturated rings. The normalized spacial score (nSPS) is 11.0. The Bertz CT molecular complexity index is 755. The second-order valence-electron chi connectivity index (χ2n) is 4.41. The summed E-state index contributed by atoms with van der Waals surface area (Å²) in [7, 11) is 0. The van der Waals surface area contributed by atoms with Gasteiger partial charge in [0, 0.05) is 16.6 Å². The number of ether oxygens (including phenoxy) is 1. The van der Waals surface area contributed by atoms with Crippen LogP contribution in [0.3, 0.4) is 0 Å². The minimum atomic E-state index is -0.455. The molecule has 0 amide bonds. The molecule has 21 heavy (non-hydrogen) atoms. The number of nitrogen functional groups attached to an aromatic ring is 1. The van der Waals surface area contributed by atoms with Gasteiger partial charge >= 0.3 is 0 Å². The summed E-state index contributed by atoms with van der Waals surface area (Å²) in [6.45, 7) is 2.21. The molecule has 0 aliphatic rings. The number of aromatic amines is 1. The number of fused-ring (bicyclic) bond motifs is 1. The zero-order valence-corrected chi connectivity index (χ0v) is 12.2. The number of anilines is 1. The van der Waals surface area contributed by atoms with Crippen LogP contribution < -0.4 is 10.5 Å². The Labute approximate surface area is 125 Å². The summed E-state index contributed by atoms with van der Waals surface area (Å²) in [6.07, 6.45) is 0. The number of halogens is 1. The van der Waals surface area contributed by atoms with Crippen molar-refractivity contribution in [2.75, 3.05) is 12.3 Å². The number of nitrogens with one attached hydrogen (secondary N) is 1. The summed E-state index contributed by atoms with van der Waals surface area (Å²) in [5, 5.41) is 0.706. The first-order valence-corrected chi connectivity index (χ1v) is 7.33. The molecule has 108 valence electrons. The zero-order valence-electron chi connectivity index (χ0n) is 11.4. The van der Waals surface area contributed by atoms with E-state index in [1.807, 2.05) is 31.2 Å². The van der Waals surface area contributed by atoms with Gasteiger partial charge in [-0.1, -0.05) is 12.1 Å². The molecule has 0 aliphatic carbocycles. The average molecular weight is 303 g/mol. The number of rotatable bonds is 4. The molecule has 0 aliphatic heterocycles. The van der Waals surface area contributed by atoms with Gasteiger partial charge in [-0.3, -0.25) is 0 Å². The Morgan fingerprint density at radius 1 is 1.33 bits per heavy atom. The second-order valence-corrected chi connectivity index (χ2v) is 5.45. The molecule has 0 unspecified atom stereocenters. The number of nitrogens with zero attached hydrogens (tertiary/aromatic N) is 1. The highest BCUT2D eigenvalue weighted by atomic mass is 32.2. The maximum Gasteiger partial charge on any atom is 0.171 e. The molecule has 0 radical (unpaired) electrons. The molecular weight excluding hydrogens is 289 g/mol. The van der Waals surface area contributed by atoms with E-state index in [0.29, 0.717) is 22.3 Å². The van der Waals surface area contributed by atoms with Crippen LogP contribution in [0.5, 0.6) is 5.75 Å². The highest BCUT2D eigenvalue weighted by Crippen LogP contribution is 2.35. The van der Waals surface area contributed by atoms with E-state index in [2.05, 4.69) is 9.97 Å². The molecule has 0 spiro atoms. The van der Waals surface area contributed by atoms with Crippen molar-refractivity contribution in [2.45, 2.75) is 17.0 Å². The predicted octanol–water partition coefficient (Wildman–Crippen LogP) is 3.83. The van der Waals surface area contributed by atoms with Crippen molar-refractivity contribution in [3.8, 4) is 5.75 Å². The van der Waals surface area contributed by atoms with E-state index in [-0.39, 0.29) is 5.75 Å². The van der Waals surface area contributed by atoms with Crippen molar-refractivity contribution in [3.63, 3.8) is 0 Å². The summed E-state index contributed by atoms with van der Waals surface area (Å²) < 4.78 is 18.9. The number of aromatic nitrogens is 2. The Balaban J connectivity index is 1.94. The largest absolute Gasteiger partial charge is 0.491 e. The highest BCUT2D eigenvalue weighted by molar-refractivity contribution is 7.99. The summed E-state index contributed by atoms with van der Waals surface area (Å²) >= 11 is 1.35. The smallest absolute Gasteiger partial charge is 0.171 e. The minimum absolute atomic E-state index is 0.199. The summed E-state index contributed by atoms with van der Waals surface area (Å²) in [5.74, 6) is -0.256. The molecule has 3 rings (SSSR count). The van der Waals surface area contributed by atoms with Crippen LogP contribution in [0.2, 0.25) is 0 Å². The monoisotopic (exact) mass is 303 g/mol. The number of hydrogen-bond acceptors (Lipinski definition) is 4. The number of benzene rings is 2. The van der Waals surface area contributed by atoms with Crippen molar-refractivity contribution in [2.24, 2.45) is 0 Å². The molecule has 2 aromatic carbocycles. The quantitative estimate of drug-likeness (QED) is 0.719. The maximum absolute atomic E-state index is 13.7. The first-order valence-electron chi connectivity index (χ1n) is 6.52. The fourth-order valence-electron chi connectivity index (χ4n) is 1.99. The van der Waals surface area contributed by atoms with E-state index in [1.165, 1.54) is 17.8 Å². The maximum atomic E-state index is 13.7. The topological polar surface area (TPSA) is 63.9 Å². The van der Waals surface area contributed by atoms with Gasteiger partial charge in [-0.05, 0) is 36.9 Å². The van der Waals surface area contributed by atoms with E-state index in [1.54, 1.807) is 6.07 Å². The van der Waals surface area contributed by atoms with E-state index in [9.17, 15) is 4.39 Å². The first-order chi connectivity index (χ1) is 10.2. The van der Waals surface area contributed by atoms with E-state index in [0.717, 1.165) is 11.0 Å². The Kier molecular flexibility index (Phi) is 3.70. The van der Waals surface area contributed by atoms with Gasteiger partial charge < -0.3 is 15.5 Å². The van der Waals surface area contributed by atoms with Crippen molar-refractivity contribution in [1.29, 1.82) is 0 Å². The number of nitrogens with two attached hydrogens (primary N) is 1. The lowest BCUT2D eigenvalue weighted by molar-refractivity contribution is 0.321. The number of imidazole rings is 1. The van der Waals surface area contributed by atoms with E-state index in [4.69, 9.17) is 10.5 Å². The van der Waals surface area contributed by atoms with Crippen LogP contribution in [0.1, 0.15) is 6.92 Å². The van der Waals surface area contributed by atoms with Crippen molar-refractivity contribution in [3.05, 3.63) is 42.2 Å². The Morgan fingerprint density at radius 2 is 2.14 bits per heavy atom. The van der Waals surface area contributed by atoms with Crippen LogP contribution in [-0.2, 0) is 0 Å². The minimum Gasteiger partial charge on any atom is -0.491 e. The third-order valence-corrected chi connectivity index (χ3v) is 3.90. The Morgan fingerprint density at radius 3 is 2.90 bits per heavy atom. The van der Waals surface area contributed by atoms with Crippen LogP contribution >= 0.6 is 11.8 Å². The summed E-state index contributed by atoms with van der Waals surface area (Å²) in [5.41, 5.74) is 8.06. The lowest BCUT2D eigenvalue weighted by atomic mass is 10.3. The van der Waals surface area contributed by atoms with Gasteiger partial charge in [0.05, 0.1) is 17.6 Å². The van der Waals surface area contributed by atoms with Crippen molar-refractivity contribution < 1.29 is 9.13 Å². The lowest BCUT2D eigenvalue weighted by Crippen LogP contribution is -1.98. The molecular formula is C15H14FN3OS. The van der Waals surface area contributed by atoms with Crippen LogP contribution in [-0.4, -0.2) is 16.6 Å². The predicted molar refractivity (Wildman–Crippen MR) is 82.2 cm³/mol. The SMILES string of the molecule is CCOc1cc(Sc2nc3ccccc3[nH]2)c(N)cc1F. The number of H-pyrrole nitrogens is 1. The second kappa shape index (κ2) is 5.65. The lowest BCUT2D eigenvalue weighted by Gasteiger charge is -2.09.